The first-order valence-corrected chi connectivity index (χ1v) is 8.14. The lowest BCUT2D eigenvalue weighted by Gasteiger charge is -2.22. The summed E-state index contributed by atoms with van der Waals surface area (Å²) < 4.78 is 13.8. The van der Waals surface area contributed by atoms with Gasteiger partial charge in [-0.3, -0.25) is 4.99 Å². The van der Waals surface area contributed by atoms with Crippen molar-refractivity contribution in [1.29, 1.82) is 5.26 Å². The fraction of sp³-hybridized carbons (Fsp3) is 0.294. The summed E-state index contributed by atoms with van der Waals surface area (Å²) in [5.41, 5.74) is 0.904. The number of rotatable bonds is 5. The van der Waals surface area contributed by atoms with Crippen molar-refractivity contribution in [2.45, 2.75) is 13.0 Å². The minimum absolute atomic E-state index is 0.289. The second kappa shape index (κ2) is 8.30. The van der Waals surface area contributed by atoms with E-state index < -0.39 is 0 Å². The third-order valence-corrected chi connectivity index (χ3v) is 4.40. The molecule has 0 spiro atoms. The van der Waals surface area contributed by atoms with Crippen LogP contribution in [0.3, 0.4) is 0 Å². The van der Waals surface area contributed by atoms with Gasteiger partial charge in [0.05, 0.1) is 11.6 Å². The van der Waals surface area contributed by atoms with E-state index in [2.05, 4.69) is 21.8 Å². The van der Waals surface area contributed by atoms with Crippen molar-refractivity contribution in [3.8, 4) is 6.07 Å². The van der Waals surface area contributed by atoms with E-state index in [1.165, 1.54) is 17.0 Å². The van der Waals surface area contributed by atoms with E-state index in [-0.39, 0.29) is 12.4 Å². The van der Waals surface area contributed by atoms with Crippen LogP contribution < -0.4 is 5.32 Å². The maximum absolute atomic E-state index is 13.8. The molecule has 23 heavy (non-hydrogen) atoms. The van der Waals surface area contributed by atoms with E-state index in [9.17, 15) is 4.39 Å². The molecule has 0 aliphatic heterocycles. The number of aliphatic imine (C=N–C) groups is 1. The van der Waals surface area contributed by atoms with Crippen LogP contribution in [0, 0.1) is 17.1 Å². The Balaban J connectivity index is 1.93. The number of nitriles is 1. The molecule has 0 saturated heterocycles. The SMILES string of the molecule is CN=C(NCc1cc(C#N)ccc1F)N(C)CCc1cccs1. The Morgan fingerprint density at radius 2 is 2.26 bits per heavy atom. The molecule has 0 radical (unpaired) electrons. The third kappa shape index (κ3) is 4.80. The van der Waals surface area contributed by atoms with Crippen LogP contribution in [0.1, 0.15) is 16.0 Å². The molecule has 2 aromatic rings. The van der Waals surface area contributed by atoms with Gasteiger partial charge in [0.1, 0.15) is 5.82 Å². The summed E-state index contributed by atoms with van der Waals surface area (Å²) in [5, 5.41) is 14.1. The fourth-order valence-electron chi connectivity index (χ4n) is 2.18. The van der Waals surface area contributed by atoms with Crippen molar-refractivity contribution in [2.75, 3.05) is 20.6 Å². The molecule has 0 atom stereocenters. The lowest BCUT2D eigenvalue weighted by Crippen LogP contribution is -2.39. The summed E-state index contributed by atoms with van der Waals surface area (Å²) in [5.74, 6) is 0.372. The number of guanidine groups is 1. The smallest absolute Gasteiger partial charge is 0.193 e. The monoisotopic (exact) mass is 330 g/mol. The molecule has 4 nitrogen and oxygen atoms in total. The zero-order chi connectivity index (χ0) is 16.7. The zero-order valence-electron chi connectivity index (χ0n) is 13.2. The standard InChI is InChI=1S/C17H19FN4S/c1-20-17(22(2)8-7-15-4-3-9-23-15)21-12-14-10-13(11-19)5-6-16(14)18/h3-6,9-10H,7-8,12H2,1-2H3,(H,20,21). The molecule has 0 aliphatic rings. The number of likely N-dealkylation sites (N-methyl/N-ethyl adjacent to an activating group) is 1. The van der Waals surface area contributed by atoms with Gasteiger partial charge in [-0.25, -0.2) is 4.39 Å². The van der Waals surface area contributed by atoms with Crippen molar-refractivity contribution < 1.29 is 4.39 Å². The maximum atomic E-state index is 13.8. The highest BCUT2D eigenvalue weighted by molar-refractivity contribution is 7.09. The number of thiophene rings is 1. The lowest BCUT2D eigenvalue weighted by atomic mass is 10.1. The highest BCUT2D eigenvalue weighted by Crippen LogP contribution is 2.11. The van der Waals surface area contributed by atoms with Gasteiger partial charge in [-0.05, 0) is 36.1 Å². The highest BCUT2D eigenvalue weighted by atomic mass is 32.1. The number of hydrogen-bond acceptors (Lipinski definition) is 3. The Bertz CT molecular complexity index is 704. The highest BCUT2D eigenvalue weighted by Gasteiger charge is 2.09. The number of hydrogen-bond donors (Lipinski definition) is 1. The van der Waals surface area contributed by atoms with Gasteiger partial charge in [-0.1, -0.05) is 6.07 Å². The Hall–Kier alpha value is -2.39. The summed E-state index contributed by atoms with van der Waals surface area (Å²) in [7, 11) is 3.65. The van der Waals surface area contributed by atoms with Gasteiger partial charge in [0.15, 0.2) is 5.96 Å². The van der Waals surface area contributed by atoms with Crippen LogP contribution in [-0.2, 0) is 13.0 Å². The van der Waals surface area contributed by atoms with Crippen LogP contribution in [0.4, 0.5) is 4.39 Å². The normalized spacial score (nSPS) is 11.1. The van der Waals surface area contributed by atoms with Crippen LogP contribution in [0.25, 0.3) is 0 Å². The first-order chi connectivity index (χ1) is 11.1. The van der Waals surface area contributed by atoms with Gasteiger partial charge in [-0.15, -0.1) is 11.3 Å². The quantitative estimate of drug-likeness (QED) is 0.677. The predicted molar refractivity (Wildman–Crippen MR) is 92.0 cm³/mol. The van der Waals surface area contributed by atoms with Crippen LogP contribution >= 0.6 is 11.3 Å². The van der Waals surface area contributed by atoms with Gasteiger partial charge in [0.25, 0.3) is 0 Å². The molecule has 0 aliphatic carbocycles. The molecule has 1 aromatic carbocycles. The Labute approximate surface area is 139 Å². The molecular formula is C17H19FN4S. The van der Waals surface area contributed by atoms with Gasteiger partial charge >= 0.3 is 0 Å². The largest absolute Gasteiger partial charge is 0.352 e. The Morgan fingerprint density at radius 1 is 1.43 bits per heavy atom. The Morgan fingerprint density at radius 3 is 2.91 bits per heavy atom. The summed E-state index contributed by atoms with van der Waals surface area (Å²) in [4.78, 5) is 7.55. The fourth-order valence-corrected chi connectivity index (χ4v) is 2.88. The van der Waals surface area contributed by atoms with E-state index >= 15 is 0 Å². The average molecular weight is 330 g/mol. The number of nitrogens with zero attached hydrogens (tertiary/aromatic N) is 3. The molecule has 6 heteroatoms. The van der Waals surface area contributed by atoms with Crippen molar-refractivity contribution in [3.05, 3.63) is 57.5 Å². The second-order valence-electron chi connectivity index (χ2n) is 5.07. The maximum Gasteiger partial charge on any atom is 0.193 e. The summed E-state index contributed by atoms with van der Waals surface area (Å²) >= 11 is 1.73. The molecule has 0 amide bonds. The van der Waals surface area contributed by atoms with Crippen molar-refractivity contribution in [2.24, 2.45) is 4.99 Å². The predicted octanol–water partition coefficient (Wildman–Crippen LogP) is 3.01. The van der Waals surface area contributed by atoms with Crippen molar-refractivity contribution in [3.63, 3.8) is 0 Å². The zero-order valence-corrected chi connectivity index (χ0v) is 14.0. The van der Waals surface area contributed by atoms with Crippen LogP contribution in [0.15, 0.2) is 40.7 Å². The van der Waals surface area contributed by atoms with E-state index in [0.29, 0.717) is 17.1 Å². The van der Waals surface area contributed by atoms with Crippen LogP contribution in [0.2, 0.25) is 0 Å². The van der Waals surface area contributed by atoms with Crippen molar-refractivity contribution >= 4 is 17.3 Å². The van der Waals surface area contributed by atoms with Crippen LogP contribution in [-0.4, -0.2) is 31.5 Å². The molecular weight excluding hydrogens is 311 g/mol. The summed E-state index contributed by atoms with van der Waals surface area (Å²) in [6.45, 7) is 1.11. The molecule has 120 valence electrons. The molecule has 1 heterocycles. The van der Waals surface area contributed by atoms with E-state index in [4.69, 9.17) is 5.26 Å². The molecule has 0 saturated carbocycles. The summed E-state index contributed by atoms with van der Waals surface area (Å²) in [6.07, 6.45) is 0.938. The van der Waals surface area contributed by atoms with Crippen LogP contribution in [0.5, 0.6) is 0 Å². The van der Waals surface area contributed by atoms with Gasteiger partial charge in [0.2, 0.25) is 0 Å². The van der Waals surface area contributed by atoms with Gasteiger partial charge < -0.3 is 10.2 Å². The minimum atomic E-state index is -0.326. The second-order valence-corrected chi connectivity index (χ2v) is 6.10. The van der Waals surface area contributed by atoms with E-state index in [1.54, 1.807) is 24.5 Å². The minimum Gasteiger partial charge on any atom is -0.352 e. The third-order valence-electron chi connectivity index (χ3n) is 3.46. The van der Waals surface area contributed by atoms with E-state index in [0.717, 1.165) is 13.0 Å². The number of halogens is 1. The molecule has 0 bridgehead atoms. The summed E-state index contributed by atoms with van der Waals surface area (Å²) in [6, 6.07) is 10.5. The first kappa shape index (κ1) is 17.0. The lowest BCUT2D eigenvalue weighted by molar-refractivity contribution is 0.484. The molecule has 0 fully saturated rings. The number of nitrogens with one attached hydrogen (secondary N) is 1. The van der Waals surface area contributed by atoms with E-state index in [1.807, 2.05) is 24.1 Å². The molecule has 1 aromatic heterocycles. The van der Waals surface area contributed by atoms with Gasteiger partial charge in [-0.2, -0.15) is 5.26 Å². The first-order valence-electron chi connectivity index (χ1n) is 7.26. The molecule has 0 unspecified atom stereocenters. The number of benzene rings is 1. The topological polar surface area (TPSA) is 51.4 Å². The molecule has 1 N–H and O–H groups in total. The average Bonchev–Trinajstić information content (AvgIpc) is 3.08. The van der Waals surface area contributed by atoms with Crippen molar-refractivity contribution in [1.82, 2.24) is 10.2 Å². The molecule has 2 rings (SSSR count). The van der Waals surface area contributed by atoms with Gasteiger partial charge in [0, 0.05) is 37.6 Å². The Kier molecular flexibility index (Phi) is 6.12.